The smallest absolute Gasteiger partial charge is 0.223 e. The summed E-state index contributed by atoms with van der Waals surface area (Å²) in [4.78, 5) is 30.6. The number of Topliss-reactive ketones (excluding diaryl/α,β-unsaturated/α-hetero) is 1. The van der Waals surface area contributed by atoms with Crippen molar-refractivity contribution in [1.82, 2.24) is 10.3 Å². The number of aryl methyl sites for hydroxylation is 1. The Morgan fingerprint density at radius 1 is 1.31 bits per heavy atom. The van der Waals surface area contributed by atoms with Crippen molar-refractivity contribution in [2.45, 2.75) is 110 Å². The predicted molar refractivity (Wildman–Crippen MR) is 138 cm³/mol. The van der Waals surface area contributed by atoms with Crippen LogP contribution in [0.3, 0.4) is 0 Å². The van der Waals surface area contributed by atoms with E-state index in [0.717, 1.165) is 36.2 Å². The molecule has 35 heavy (non-hydrogen) atoms. The molecule has 0 aromatic carbocycles. The number of ether oxygens (including phenoxy) is 1. The van der Waals surface area contributed by atoms with Gasteiger partial charge in [0.15, 0.2) is 0 Å². The molecule has 196 valence electrons. The average Bonchev–Trinajstić information content (AvgIpc) is 3.20. The SMILES string of the molecule is [2H]C([2H])([2H])c1nc(/C=C(\C)[C@@H]2CC3O[C@]3(C)CCCC(C)[C@H](O)C(C)C(=O)C(C)(C)C(O)CC(=O)N2)cs1. The number of ketones is 1. The van der Waals surface area contributed by atoms with Gasteiger partial charge >= 0.3 is 0 Å². The van der Waals surface area contributed by atoms with Crippen molar-refractivity contribution in [3.05, 3.63) is 21.7 Å². The van der Waals surface area contributed by atoms with Gasteiger partial charge < -0.3 is 20.3 Å². The summed E-state index contributed by atoms with van der Waals surface area (Å²) in [6.45, 7) is 8.46. The largest absolute Gasteiger partial charge is 0.392 e. The first-order valence-electron chi connectivity index (χ1n) is 14.0. The zero-order valence-electron chi connectivity index (χ0n) is 24.6. The first kappa shape index (κ1) is 23.8. The first-order valence-corrected chi connectivity index (χ1v) is 13.4. The highest BCUT2D eigenvalue weighted by atomic mass is 32.1. The number of carbonyl (C=O) groups excluding carboxylic acids is 2. The van der Waals surface area contributed by atoms with Gasteiger partial charge in [-0.25, -0.2) is 4.98 Å². The monoisotopic (exact) mass is 509 g/mol. The molecule has 0 saturated carbocycles. The minimum atomic E-state index is -2.28. The van der Waals surface area contributed by atoms with Gasteiger partial charge in [0.2, 0.25) is 5.91 Å². The van der Waals surface area contributed by atoms with E-state index in [1.807, 2.05) is 20.8 Å². The standard InChI is InChI=1S/C27H42N2O5S/c1-15-9-8-10-27(7)22(34-27)12-20(16(2)11-19-14-35-18(4)28-19)29-23(31)13-21(30)26(5,6)25(33)17(3)24(15)32/h11,14-15,17,20-22,24,30,32H,8-10,12-13H2,1-7H3,(H,29,31)/b16-11+/t15?,17?,20-,21?,22?,24-,27+/m0/s1/i4D3. The number of carbonyl (C=O) groups is 2. The van der Waals surface area contributed by atoms with E-state index in [4.69, 9.17) is 8.85 Å². The maximum Gasteiger partial charge on any atom is 0.223 e. The third kappa shape index (κ3) is 6.59. The van der Waals surface area contributed by atoms with Crippen LogP contribution in [-0.4, -0.2) is 56.8 Å². The lowest BCUT2D eigenvalue weighted by atomic mass is 9.72. The van der Waals surface area contributed by atoms with E-state index in [-0.39, 0.29) is 34.8 Å². The average molecular weight is 510 g/mol. The maximum absolute atomic E-state index is 13.3. The van der Waals surface area contributed by atoms with E-state index in [9.17, 15) is 19.8 Å². The summed E-state index contributed by atoms with van der Waals surface area (Å²) in [6.07, 6.45) is 2.19. The summed E-state index contributed by atoms with van der Waals surface area (Å²) in [5.41, 5.74) is -0.273. The number of nitrogens with zero attached hydrogens (tertiary/aromatic N) is 1. The van der Waals surface area contributed by atoms with Gasteiger partial charge in [-0.1, -0.05) is 34.1 Å². The molecule has 3 rings (SSSR count). The molecule has 1 amide bonds. The molecule has 2 fully saturated rings. The molecular formula is C27H42N2O5S. The summed E-state index contributed by atoms with van der Waals surface area (Å²) in [5.74, 6) is -1.46. The van der Waals surface area contributed by atoms with Crippen LogP contribution in [0.2, 0.25) is 0 Å². The molecule has 1 aromatic heterocycles. The molecule has 7 nitrogen and oxygen atoms in total. The van der Waals surface area contributed by atoms with Crippen LogP contribution in [0.1, 0.15) is 88.5 Å². The Bertz CT molecular complexity index is 1060. The van der Waals surface area contributed by atoms with Gasteiger partial charge in [0.05, 0.1) is 52.5 Å². The van der Waals surface area contributed by atoms with Crippen LogP contribution in [0.4, 0.5) is 0 Å². The molecular weight excluding hydrogens is 464 g/mol. The second-order valence-electron chi connectivity index (χ2n) is 11.2. The molecule has 3 N–H and O–H groups in total. The predicted octanol–water partition coefficient (Wildman–Crippen LogP) is 4.05. The third-order valence-corrected chi connectivity index (χ3v) is 8.63. The van der Waals surface area contributed by atoms with E-state index < -0.39 is 42.3 Å². The Labute approximate surface area is 217 Å². The lowest BCUT2D eigenvalue weighted by Crippen LogP contribution is -2.47. The Kier molecular flexibility index (Phi) is 7.33. The van der Waals surface area contributed by atoms with Crippen molar-refractivity contribution in [3.63, 3.8) is 0 Å². The number of amides is 1. The fraction of sp³-hybridized carbons (Fsp3) is 0.741. The summed E-state index contributed by atoms with van der Waals surface area (Å²) in [6, 6.07) is -0.425. The van der Waals surface area contributed by atoms with E-state index in [1.165, 1.54) is 0 Å². The van der Waals surface area contributed by atoms with Crippen LogP contribution < -0.4 is 5.32 Å². The minimum absolute atomic E-state index is 0.0558. The normalized spacial score (nSPS) is 39.1. The van der Waals surface area contributed by atoms with Gasteiger partial charge in [0, 0.05) is 21.8 Å². The maximum atomic E-state index is 13.3. The zero-order valence-corrected chi connectivity index (χ0v) is 22.4. The number of rotatable bonds is 2. The van der Waals surface area contributed by atoms with E-state index in [0.29, 0.717) is 12.1 Å². The molecule has 0 aliphatic carbocycles. The molecule has 2 aliphatic rings. The molecule has 2 saturated heterocycles. The Balaban J connectivity index is 1.87. The summed E-state index contributed by atoms with van der Waals surface area (Å²) in [5, 5.41) is 26.5. The Morgan fingerprint density at radius 2 is 2.03 bits per heavy atom. The van der Waals surface area contributed by atoms with Crippen LogP contribution in [0, 0.1) is 24.1 Å². The highest BCUT2D eigenvalue weighted by Gasteiger charge is 2.52. The lowest BCUT2D eigenvalue weighted by molar-refractivity contribution is -0.143. The van der Waals surface area contributed by atoms with Gasteiger partial charge in [-0.15, -0.1) is 11.3 Å². The zero-order chi connectivity index (χ0) is 28.6. The van der Waals surface area contributed by atoms with Gasteiger partial charge in [0.25, 0.3) is 0 Å². The van der Waals surface area contributed by atoms with Gasteiger partial charge in [-0.2, -0.15) is 0 Å². The van der Waals surface area contributed by atoms with Crippen molar-refractivity contribution in [2.75, 3.05) is 0 Å². The molecule has 0 bridgehead atoms. The van der Waals surface area contributed by atoms with Gasteiger partial charge in [-0.05, 0) is 51.1 Å². The topological polar surface area (TPSA) is 112 Å². The van der Waals surface area contributed by atoms with E-state index >= 15 is 0 Å². The Morgan fingerprint density at radius 3 is 2.69 bits per heavy atom. The summed E-state index contributed by atoms with van der Waals surface area (Å²) >= 11 is 1.07. The van der Waals surface area contributed by atoms with Crippen molar-refractivity contribution in [1.29, 1.82) is 0 Å². The second kappa shape index (κ2) is 10.8. The Hall–Kier alpha value is -1.61. The number of fused-ring (bicyclic) bond motifs is 1. The van der Waals surface area contributed by atoms with Gasteiger partial charge in [-0.3, -0.25) is 9.59 Å². The molecule has 1 aromatic rings. The number of aromatic nitrogens is 1. The van der Waals surface area contributed by atoms with Gasteiger partial charge in [0.1, 0.15) is 5.78 Å². The molecule has 3 heterocycles. The first-order chi connectivity index (χ1) is 17.5. The van der Waals surface area contributed by atoms with Crippen LogP contribution in [0.25, 0.3) is 6.08 Å². The highest BCUT2D eigenvalue weighted by Crippen LogP contribution is 2.44. The number of nitrogens with one attached hydrogen (secondary N) is 1. The highest BCUT2D eigenvalue weighted by molar-refractivity contribution is 7.09. The van der Waals surface area contributed by atoms with Crippen LogP contribution >= 0.6 is 11.3 Å². The number of aliphatic hydroxyl groups excluding tert-OH is 2. The number of aliphatic hydroxyl groups is 2. The van der Waals surface area contributed by atoms with Crippen LogP contribution in [-0.2, 0) is 14.3 Å². The van der Waals surface area contributed by atoms with Crippen molar-refractivity contribution >= 4 is 29.1 Å². The van der Waals surface area contributed by atoms with Crippen molar-refractivity contribution < 1.29 is 28.7 Å². The molecule has 7 atom stereocenters. The molecule has 0 spiro atoms. The van der Waals surface area contributed by atoms with E-state index in [1.54, 1.807) is 32.2 Å². The quantitative estimate of drug-likeness (QED) is 0.519. The molecule has 8 heteroatoms. The molecule has 2 aliphatic heterocycles. The van der Waals surface area contributed by atoms with Crippen molar-refractivity contribution in [2.24, 2.45) is 17.3 Å². The van der Waals surface area contributed by atoms with Crippen molar-refractivity contribution in [3.8, 4) is 0 Å². The number of hydrogen-bond acceptors (Lipinski definition) is 7. The second-order valence-corrected chi connectivity index (χ2v) is 12.1. The summed E-state index contributed by atoms with van der Waals surface area (Å²) in [7, 11) is 0. The molecule has 0 radical (unpaired) electrons. The van der Waals surface area contributed by atoms with Crippen LogP contribution in [0.5, 0.6) is 0 Å². The van der Waals surface area contributed by atoms with E-state index in [2.05, 4.69) is 10.3 Å². The number of epoxide rings is 1. The third-order valence-electron chi connectivity index (χ3n) is 7.96. The number of hydrogen-bond donors (Lipinski definition) is 3. The summed E-state index contributed by atoms with van der Waals surface area (Å²) < 4.78 is 28.8. The minimum Gasteiger partial charge on any atom is -0.392 e. The molecule has 4 unspecified atom stereocenters. The fourth-order valence-corrected chi connectivity index (χ4v) is 5.61. The van der Waals surface area contributed by atoms with Crippen LogP contribution in [0.15, 0.2) is 11.0 Å². The lowest BCUT2D eigenvalue weighted by Gasteiger charge is -2.34. The fourth-order valence-electron chi connectivity index (χ4n) is 5.10. The number of thiazole rings is 1.